The number of aryl methyl sites for hydroxylation is 1. The van der Waals surface area contributed by atoms with Crippen molar-refractivity contribution < 1.29 is 9.90 Å². The Balaban J connectivity index is 1.98. The Morgan fingerprint density at radius 1 is 1.63 bits per heavy atom. The average molecular weight is 262 g/mol. The maximum atomic E-state index is 10.7. The first-order chi connectivity index (χ1) is 9.15. The van der Waals surface area contributed by atoms with Gasteiger partial charge in [-0.05, 0) is 12.5 Å². The molecule has 0 aliphatic carbocycles. The van der Waals surface area contributed by atoms with Crippen LogP contribution in [-0.2, 0) is 18.3 Å². The number of anilines is 1. The monoisotopic (exact) mass is 262 g/mol. The van der Waals surface area contributed by atoms with Crippen molar-refractivity contribution in [1.82, 2.24) is 24.5 Å². The molecule has 19 heavy (non-hydrogen) atoms. The number of carboxylic acids is 1. The Labute approximate surface area is 109 Å². The van der Waals surface area contributed by atoms with E-state index in [1.807, 2.05) is 13.1 Å². The largest absolute Gasteiger partial charge is 0.481 e. The van der Waals surface area contributed by atoms with Gasteiger partial charge in [0.1, 0.15) is 6.42 Å². The van der Waals surface area contributed by atoms with Gasteiger partial charge < -0.3 is 10.4 Å². The summed E-state index contributed by atoms with van der Waals surface area (Å²) in [5.41, 5.74) is 1.04. The summed E-state index contributed by atoms with van der Waals surface area (Å²) in [7, 11) is 1.88. The third-order valence-corrected chi connectivity index (χ3v) is 3.18. The zero-order valence-electron chi connectivity index (χ0n) is 10.4. The van der Waals surface area contributed by atoms with E-state index in [1.54, 1.807) is 15.6 Å². The van der Waals surface area contributed by atoms with Crippen LogP contribution in [-0.4, -0.2) is 42.2 Å². The van der Waals surface area contributed by atoms with Gasteiger partial charge in [-0.15, -0.1) is 0 Å². The quantitative estimate of drug-likeness (QED) is 0.810. The molecule has 0 amide bonds. The number of nitrogens with one attached hydrogen (secondary N) is 1. The highest BCUT2D eigenvalue weighted by Gasteiger charge is 2.26. The average Bonchev–Trinajstić information content (AvgIpc) is 2.93. The van der Waals surface area contributed by atoms with Gasteiger partial charge in [0, 0.05) is 19.8 Å². The summed E-state index contributed by atoms with van der Waals surface area (Å²) < 4.78 is 3.55. The van der Waals surface area contributed by atoms with Crippen molar-refractivity contribution in [1.29, 1.82) is 0 Å². The van der Waals surface area contributed by atoms with E-state index in [9.17, 15) is 4.79 Å². The maximum absolute atomic E-state index is 10.7. The molecule has 100 valence electrons. The second-order valence-corrected chi connectivity index (χ2v) is 4.48. The molecule has 0 spiro atoms. The minimum atomic E-state index is -0.931. The van der Waals surface area contributed by atoms with E-state index in [0.717, 1.165) is 18.7 Å². The van der Waals surface area contributed by atoms with Crippen molar-refractivity contribution in [2.24, 2.45) is 7.05 Å². The summed E-state index contributed by atoms with van der Waals surface area (Å²) in [6, 6.07) is 1.98. The Hall–Kier alpha value is -2.38. The predicted octanol–water partition coefficient (Wildman–Crippen LogP) is 0.0437. The minimum absolute atomic E-state index is 0.0406. The molecule has 0 fully saturated rings. The van der Waals surface area contributed by atoms with Crippen LogP contribution in [0.15, 0.2) is 12.3 Å². The molecule has 3 rings (SSSR count). The molecule has 1 unspecified atom stereocenters. The Kier molecular flexibility index (Phi) is 2.69. The van der Waals surface area contributed by atoms with E-state index in [2.05, 4.69) is 20.5 Å². The highest BCUT2D eigenvalue weighted by molar-refractivity contribution is 5.69. The van der Waals surface area contributed by atoms with Crippen LogP contribution in [0.4, 0.5) is 5.95 Å². The highest BCUT2D eigenvalue weighted by atomic mass is 16.4. The van der Waals surface area contributed by atoms with Gasteiger partial charge in [-0.25, -0.2) is 4.68 Å². The van der Waals surface area contributed by atoms with Crippen LogP contribution in [0.3, 0.4) is 0 Å². The molecule has 3 heterocycles. The van der Waals surface area contributed by atoms with E-state index in [0.29, 0.717) is 11.8 Å². The van der Waals surface area contributed by atoms with Crippen molar-refractivity contribution in [3.8, 4) is 0 Å². The molecule has 1 atom stereocenters. The third-order valence-electron chi connectivity index (χ3n) is 3.18. The lowest BCUT2D eigenvalue weighted by atomic mass is 10.1. The lowest BCUT2D eigenvalue weighted by molar-refractivity contribution is -0.136. The first-order valence-electron chi connectivity index (χ1n) is 6.04. The second kappa shape index (κ2) is 4.38. The van der Waals surface area contributed by atoms with Crippen LogP contribution < -0.4 is 5.32 Å². The number of fused-ring (bicyclic) bond motifs is 1. The molecule has 2 N–H and O–H groups in total. The molecule has 1 aliphatic heterocycles. The zero-order chi connectivity index (χ0) is 13.4. The fourth-order valence-electron chi connectivity index (χ4n) is 2.34. The van der Waals surface area contributed by atoms with Crippen molar-refractivity contribution >= 4 is 11.9 Å². The standard InChI is InChI=1S/C11H14N6O2/c1-16-7(3-5-13-16)8-2-4-12-11-14-9(6-10(18)19)15-17(8)11/h3,5,8H,2,4,6H2,1H3,(H,18,19)(H,12,14,15). The summed E-state index contributed by atoms with van der Waals surface area (Å²) in [6.45, 7) is 0.779. The molecule has 2 aromatic heterocycles. The van der Waals surface area contributed by atoms with Gasteiger partial charge in [0.25, 0.3) is 0 Å². The summed E-state index contributed by atoms with van der Waals surface area (Å²) in [6.07, 6.45) is 2.44. The van der Waals surface area contributed by atoms with Crippen LogP contribution in [0, 0.1) is 0 Å². The Morgan fingerprint density at radius 2 is 2.47 bits per heavy atom. The fraction of sp³-hybridized carbons (Fsp3) is 0.455. The van der Waals surface area contributed by atoms with Gasteiger partial charge >= 0.3 is 5.97 Å². The predicted molar refractivity (Wildman–Crippen MR) is 65.8 cm³/mol. The molecular weight excluding hydrogens is 248 g/mol. The molecule has 8 nitrogen and oxygen atoms in total. The van der Waals surface area contributed by atoms with Gasteiger partial charge in [0.05, 0.1) is 11.7 Å². The molecule has 0 saturated heterocycles. The van der Waals surface area contributed by atoms with Crippen LogP contribution in [0.25, 0.3) is 0 Å². The SMILES string of the molecule is Cn1nccc1C1CCNc2nc(CC(=O)O)nn21. The highest BCUT2D eigenvalue weighted by Crippen LogP contribution is 2.27. The molecule has 1 aliphatic rings. The molecule has 0 aromatic carbocycles. The number of aromatic nitrogens is 5. The van der Waals surface area contributed by atoms with Gasteiger partial charge in [0.15, 0.2) is 5.82 Å². The summed E-state index contributed by atoms with van der Waals surface area (Å²) >= 11 is 0. The van der Waals surface area contributed by atoms with Crippen LogP contribution in [0.2, 0.25) is 0 Å². The Bertz CT molecular complexity index is 616. The molecule has 0 bridgehead atoms. The number of rotatable bonds is 3. The van der Waals surface area contributed by atoms with Crippen LogP contribution in [0.5, 0.6) is 0 Å². The summed E-state index contributed by atoms with van der Waals surface area (Å²) in [5, 5.41) is 20.4. The number of carbonyl (C=O) groups is 1. The van der Waals surface area contributed by atoms with Gasteiger partial charge in [0.2, 0.25) is 5.95 Å². The van der Waals surface area contributed by atoms with Gasteiger partial charge in [-0.2, -0.15) is 15.2 Å². The van der Waals surface area contributed by atoms with Gasteiger partial charge in [-0.3, -0.25) is 9.48 Å². The van der Waals surface area contributed by atoms with E-state index >= 15 is 0 Å². The molecule has 2 aromatic rings. The number of carboxylic acid groups (broad SMARTS) is 1. The first-order valence-corrected chi connectivity index (χ1v) is 6.04. The maximum Gasteiger partial charge on any atom is 0.311 e. The lowest BCUT2D eigenvalue weighted by Gasteiger charge is -2.24. The Morgan fingerprint density at radius 3 is 3.16 bits per heavy atom. The fourth-order valence-corrected chi connectivity index (χ4v) is 2.34. The molecule has 0 radical (unpaired) electrons. The number of aliphatic carboxylic acids is 1. The third kappa shape index (κ3) is 2.05. The van der Waals surface area contributed by atoms with E-state index in [1.165, 1.54) is 0 Å². The van der Waals surface area contributed by atoms with E-state index < -0.39 is 5.97 Å². The second-order valence-electron chi connectivity index (χ2n) is 4.48. The lowest BCUT2D eigenvalue weighted by Crippen LogP contribution is -2.26. The van der Waals surface area contributed by atoms with Crippen molar-refractivity contribution in [3.63, 3.8) is 0 Å². The molecule has 0 saturated carbocycles. The molecule has 8 heteroatoms. The van der Waals surface area contributed by atoms with Crippen LogP contribution >= 0.6 is 0 Å². The minimum Gasteiger partial charge on any atom is -0.481 e. The smallest absolute Gasteiger partial charge is 0.311 e. The normalized spacial score (nSPS) is 17.8. The van der Waals surface area contributed by atoms with E-state index in [4.69, 9.17) is 5.11 Å². The van der Waals surface area contributed by atoms with Crippen molar-refractivity contribution in [2.45, 2.75) is 18.9 Å². The topological polar surface area (TPSA) is 97.9 Å². The molecular formula is C11H14N6O2. The number of hydrogen-bond donors (Lipinski definition) is 2. The van der Waals surface area contributed by atoms with Crippen LogP contribution in [0.1, 0.15) is 24.0 Å². The number of hydrogen-bond acceptors (Lipinski definition) is 5. The van der Waals surface area contributed by atoms with E-state index in [-0.39, 0.29) is 12.5 Å². The van der Waals surface area contributed by atoms with Crippen molar-refractivity contribution in [2.75, 3.05) is 11.9 Å². The number of nitrogens with zero attached hydrogens (tertiary/aromatic N) is 5. The summed E-state index contributed by atoms with van der Waals surface area (Å²) in [4.78, 5) is 14.9. The summed E-state index contributed by atoms with van der Waals surface area (Å²) in [5.74, 6) is 0.0119. The van der Waals surface area contributed by atoms with Crippen molar-refractivity contribution in [3.05, 3.63) is 23.8 Å². The zero-order valence-corrected chi connectivity index (χ0v) is 10.4. The first kappa shape index (κ1) is 11.7. The van der Waals surface area contributed by atoms with Gasteiger partial charge in [-0.1, -0.05) is 0 Å².